The first-order chi connectivity index (χ1) is 9.93. The number of carbonyl (C=O) groups excluding carboxylic acids is 1. The Labute approximate surface area is 118 Å². The number of rotatable bonds is 3. The topological polar surface area (TPSA) is 113 Å². The number of benzene rings is 1. The van der Waals surface area contributed by atoms with Gasteiger partial charge < -0.3 is 5.32 Å². The quantitative estimate of drug-likeness (QED) is 0.821. The number of H-pyrrole nitrogens is 1. The molecule has 0 saturated heterocycles. The van der Waals surface area contributed by atoms with Crippen LogP contribution >= 0.6 is 0 Å². The largest absolute Gasteiger partial charge is 0.329 e. The van der Waals surface area contributed by atoms with Crippen LogP contribution in [0.3, 0.4) is 0 Å². The standard InChI is InChI=1S/C13H12N4O4/c1-7-3-5-8(6-4-7)11(18)14-10-9(16-21)12(19)15-13(20)17(10)2/h3-6H,1-2H3,(H,14,18)(H,15,19,20). The monoisotopic (exact) mass is 288 g/mol. The smallest absolute Gasteiger partial charge is 0.306 e. The molecule has 0 radical (unpaired) electrons. The highest BCUT2D eigenvalue weighted by Crippen LogP contribution is 2.17. The first-order valence-electron chi connectivity index (χ1n) is 5.98. The molecule has 2 aromatic rings. The van der Waals surface area contributed by atoms with E-state index in [0.29, 0.717) is 5.56 Å². The number of anilines is 1. The highest BCUT2D eigenvalue weighted by Gasteiger charge is 2.16. The number of nitrogens with one attached hydrogen (secondary N) is 2. The second-order valence-electron chi connectivity index (χ2n) is 4.43. The molecule has 0 aliphatic rings. The van der Waals surface area contributed by atoms with Gasteiger partial charge in [0.2, 0.25) is 5.69 Å². The van der Waals surface area contributed by atoms with Crippen molar-refractivity contribution in [1.29, 1.82) is 0 Å². The van der Waals surface area contributed by atoms with E-state index in [0.717, 1.165) is 10.1 Å². The predicted molar refractivity (Wildman–Crippen MR) is 76.9 cm³/mol. The summed E-state index contributed by atoms with van der Waals surface area (Å²) in [5, 5.41) is 4.92. The lowest BCUT2D eigenvalue weighted by atomic mass is 10.1. The minimum absolute atomic E-state index is 0.246. The first-order valence-corrected chi connectivity index (χ1v) is 5.98. The van der Waals surface area contributed by atoms with Crippen LogP contribution in [-0.2, 0) is 7.05 Å². The van der Waals surface area contributed by atoms with Gasteiger partial charge >= 0.3 is 5.69 Å². The van der Waals surface area contributed by atoms with E-state index >= 15 is 0 Å². The second-order valence-corrected chi connectivity index (χ2v) is 4.43. The molecule has 8 nitrogen and oxygen atoms in total. The SMILES string of the molecule is Cc1ccc(C(=O)Nc2c(N=O)c(=O)[nH]c(=O)n2C)cc1. The van der Waals surface area contributed by atoms with E-state index in [4.69, 9.17) is 0 Å². The first kappa shape index (κ1) is 14.4. The van der Waals surface area contributed by atoms with Crippen LogP contribution in [0, 0.1) is 11.8 Å². The molecule has 0 atom stereocenters. The fourth-order valence-electron chi connectivity index (χ4n) is 1.72. The lowest BCUT2D eigenvalue weighted by Gasteiger charge is -2.10. The van der Waals surface area contributed by atoms with E-state index in [-0.39, 0.29) is 5.82 Å². The number of carbonyl (C=O) groups is 1. The number of aromatic amines is 1. The van der Waals surface area contributed by atoms with Crippen LogP contribution in [0.15, 0.2) is 39.0 Å². The van der Waals surface area contributed by atoms with Gasteiger partial charge in [-0.15, -0.1) is 4.91 Å². The van der Waals surface area contributed by atoms with Crippen molar-refractivity contribution in [2.75, 3.05) is 5.32 Å². The zero-order chi connectivity index (χ0) is 15.6. The maximum Gasteiger partial charge on any atom is 0.329 e. The van der Waals surface area contributed by atoms with Crippen LogP contribution in [0.2, 0.25) is 0 Å². The van der Waals surface area contributed by atoms with E-state index in [1.54, 1.807) is 24.3 Å². The highest BCUT2D eigenvalue weighted by atomic mass is 16.3. The second kappa shape index (κ2) is 5.53. The van der Waals surface area contributed by atoms with Crippen molar-refractivity contribution < 1.29 is 4.79 Å². The van der Waals surface area contributed by atoms with Gasteiger partial charge in [0.15, 0.2) is 5.82 Å². The van der Waals surface area contributed by atoms with E-state index in [9.17, 15) is 19.3 Å². The number of hydrogen-bond donors (Lipinski definition) is 2. The van der Waals surface area contributed by atoms with E-state index in [1.165, 1.54) is 7.05 Å². The maximum absolute atomic E-state index is 12.1. The van der Waals surface area contributed by atoms with Crippen LogP contribution in [0.4, 0.5) is 11.5 Å². The van der Waals surface area contributed by atoms with Gasteiger partial charge in [0.1, 0.15) is 0 Å². The van der Waals surface area contributed by atoms with Crippen molar-refractivity contribution >= 4 is 17.4 Å². The molecular weight excluding hydrogens is 276 g/mol. The normalized spacial score (nSPS) is 10.2. The third-order valence-corrected chi connectivity index (χ3v) is 2.94. The summed E-state index contributed by atoms with van der Waals surface area (Å²) in [6.45, 7) is 1.87. The average Bonchev–Trinajstić information content (AvgIpc) is 2.45. The summed E-state index contributed by atoms with van der Waals surface area (Å²) in [5.74, 6) is -0.801. The lowest BCUT2D eigenvalue weighted by Crippen LogP contribution is -2.31. The summed E-state index contributed by atoms with van der Waals surface area (Å²) in [7, 11) is 1.30. The number of aromatic nitrogens is 2. The van der Waals surface area contributed by atoms with Crippen LogP contribution < -0.4 is 16.6 Å². The van der Waals surface area contributed by atoms with Gasteiger partial charge in [-0.05, 0) is 24.2 Å². The molecule has 108 valence electrons. The lowest BCUT2D eigenvalue weighted by molar-refractivity contribution is 0.102. The molecule has 0 spiro atoms. The van der Waals surface area contributed by atoms with E-state index in [1.807, 2.05) is 11.9 Å². The minimum Gasteiger partial charge on any atom is -0.306 e. The molecule has 0 fully saturated rings. The van der Waals surface area contributed by atoms with Crippen molar-refractivity contribution in [2.24, 2.45) is 12.2 Å². The van der Waals surface area contributed by atoms with E-state index < -0.39 is 22.8 Å². The number of hydrogen-bond acceptors (Lipinski definition) is 5. The molecule has 1 amide bonds. The molecule has 1 aromatic carbocycles. The Hall–Kier alpha value is -3.03. The third-order valence-electron chi connectivity index (χ3n) is 2.94. The maximum atomic E-state index is 12.1. The van der Waals surface area contributed by atoms with Crippen LogP contribution in [-0.4, -0.2) is 15.5 Å². The zero-order valence-corrected chi connectivity index (χ0v) is 11.3. The number of nitrogens with zero attached hydrogens (tertiary/aromatic N) is 2. The highest BCUT2D eigenvalue weighted by molar-refractivity contribution is 6.05. The molecule has 0 saturated carbocycles. The summed E-state index contributed by atoms with van der Waals surface area (Å²) in [5.41, 5.74) is -0.966. The van der Waals surface area contributed by atoms with Crippen molar-refractivity contribution in [1.82, 2.24) is 9.55 Å². The number of nitroso groups, excluding NO2 is 1. The summed E-state index contributed by atoms with van der Waals surface area (Å²) in [6.07, 6.45) is 0. The third kappa shape index (κ3) is 2.78. The van der Waals surface area contributed by atoms with Crippen LogP contribution in [0.1, 0.15) is 15.9 Å². The number of aryl methyl sites for hydroxylation is 1. The Morgan fingerprint density at radius 3 is 2.43 bits per heavy atom. The van der Waals surface area contributed by atoms with Crippen LogP contribution in [0.25, 0.3) is 0 Å². The molecular formula is C13H12N4O4. The van der Waals surface area contributed by atoms with E-state index in [2.05, 4.69) is 10.5 Å². The van der Waals surface area contributed by atoms with Gasteiger partial charge in [-0.25, -0.2) is 4.79 Å². The van der Waals surface area contributed by atoms with Gasteiger partial charge in [-0.1, -0.05) is 17.7 Å². The summed E-state index contributed by atoms with van der Waals surface area (Å²) in [4.78, 5) is 47.7. The molecule has 0 bridgehead atoms. The predicted octanol–water partition coefficient (Wildman–Crippen LogP) is 1.03. The van der Waals surface area contributed by atoms with Crippen molar-refractivity contribution in [3.05, 3.63) is 61.1 Å². The molecule has 2 N–H and O–H groups in total. The Kier molecular flexibility index (Phi) is 3.79. The molecule has 8 heteroatoms. The van der Waals surface area contributed by atoms with Crippen molar-refractivity contribution in [3.63, 3.8) is 0 Å². The summed E-state index contributed by atoms with van der Waals surface area (Å²) in [6, 6.07) is 6.66. The molecule has 0 unspecified atom stereocenters. The average molecular weight is 288 g/mol. The van der Waals surface area contributed by atoms with Crippen molar-refractivity contribution in [2.45, 2.75) is 6.92 Å². The fourth-order valence-corrected chi connectivity index (χ4v) is 1.72. The Bertz CT molecular complexity index is 818. The summed E-state index contributed by atoms with van der Waals surface area (Å²) < 4.78 is 0.935. The molecule has 0 aliphatic heterocycles. The Balaban J connectivity index is 2.46. The van der Waals surface area contributed by atoms with Crippen LogP contribution in [0.5, 0.6) is 0 Å². The number of amides is 1. The Morgan fingerprint density at radius 1 is 1.24 bits per heavy atom. The van der Waals surface area contributed by atoms with Gasteiger partial charge in [0, 0.05) is 12.6 Å². The van der Waals surface area contributed by atoms with Gasteiger partial charge in [0.05, 0.1) is 0 Å². The molecule has 1 heterocycles. The summed E-state index contributed by atoms with van der Waals surface area (Å²) >= 11 is 0. The molecule has 21 heavy (non-hydrogen) atoms. The molecule has 0 aliphatic carbocycles. The zero-order valence-electron chi connectivity index (χ0n) is 11.3. The van der Waals surface area contributed by atoms with Crippen molar-refractivity contribution in [3.8, 4) is 0 Å². The molecule has 2 rings (SSSR count). The Morgan fingerprint density at radius 2 is 1.86 bits per heavy atom. The fraction of sp³-hybridized carbons (Fsp3) is 0.154. The molecule has 1 aromatic heterocycles. The van der Waals surface area contributed by atoms with Gasteiger partial charge in [-0.2, -0.15) is 0 Å². The van der Waals surface area contributed by atoms with Gasteiger partial charge in [0.25, 0.3) is 11.5 Å². The minimum atomic E-state index is -0.952. The van der Waals surface area contributed by atoms with Gasteiger partial charge in [-0.3, -0.25) is 19.1 Å².